The van der Waals surface area contributed by atoms with E-state index in [4.69, 9.17) is 9.47 Å². The molecule has 270 valence electrons. The first-order valence-corrected chi connectivity index (χ1v) is 20.2. The molecule has 0 aliphatic rings. The van der Waals surface area contributed by atoms with Gasteiger partial charge in [-0.25, -0.2) is 0 Å². The Balaban J connectivity index is 3.45. The first kappa shape index (κ1) is 44.4. The molecule has 0 aromatic heterocycles. The minimum Gasteiger partial charge on any atom is -0.462 e. The molecule has 0 amide bonds. The Labute approximate surface area is 287 Å². The lowest BCUT2D eigenvalue weighted by Crippen LogP contribution is -2.22. The third-order valence-corrected chi connectivity index (χ3v) is 8.85. The molecular weight excluding hydrogens is 568 g/mol. The van der Waals surface area contributed by atoms with Crippen LogP contribution < -0.4 is 0 Å². The molecular formula is C42H78O4. The van der Waals surface area contributed by atoms with Crippen LogP contribution in [0.1, 0.15) is 220 Å². The Kier molecular flexibility index (Phi) is 36.6. The molecule has 0 N–H and O–H groups in total. The largest absolute Gasteiger partial charge is 0.462 e. The van der Waals surface area contributed by atoms with E-state index in [1.54, 1.807) is 6.92 Å². The lowest BCUT2D eigenvalue weighted by Gasteiger charge is -2.13. The molecule has 0 aromatic carbocycles. The fraction of sp³-hybridized carbons (Fsp3) is 0.857. The number of rotatable bonds is 36. The number of hydrogen-bond donors (Lipinski definition) is 0. The van der Waals surface area contributed by atoms with Crippen LogP contribution >= 0.6 is 0 Å². The summed E-state index contributed by atoms with van der Waals surface area (Å²) in [5.74, 6) is -0.362. The number of esters is 2. The molecule has 0 aliphatic heterocycles. The van der Waals surface area contributed by atoms with Crippen LogP contribution in [-0.2, 0) is 19.1 Å². The van der Waals surface area contributed by atoms with Crippen LogP contribution in [0.4, 0.5) is 0 Å². The van der Waals surface area contributed by atoms with E-state index in [-0.39, 0.29) is 24.6 Å². The van der Waals surface area contributed by atoms with E-state index < -0.39 is 0 Å². The second kappa shape index (κ2) is 37.9. The van der Waals surface area contributed by atoms with Crippen molar-refractivity contribution in [2.75, 3.05) is 6.61 Å². The monoisotopic (exact) mass is 647 g/mol. The molecule has 4 heteroatoms. The maximum Gasteiger partial charge on any atom is 0.306 e. The van der Waals surface area contributed by atoms with E-state index in [1.165, 1.54) is 161 Å². The standard InChI is InChI=1S/C42H78O4/c1-4-6-8-10-12-14-16-18-20-21-22-24-25-27-29-31-33-35-37-41(43)45-39-40(3)46-42(44)38-36-34-32-30-28-26-23-19-17-15-13-11-9-7-5-2/h19,22-24,40H,4-18,20-21,25-39H2,1-3H3/b23-19-,24-22-. The normalized spacial score (nSPS) is 12.3. The third-order valence-electron chi connectivity index (χ3n) is 8.85. The van der Waals surface area contributed by atoms with Gasteiger partial charge in [0.25, 0.3) is 0 Å². The number of carbonyl (C=O) groups is 2. The zero-order valence-electron chi connectivity index (χ0n) is 31.1. The highest BCUT2D eigenvalue weighted by Gasteiger charge is 2.12. The summed E-state index contributed by atoms with van der Waals surface area (Å²) in [6.45, 7) is 6.50. The number of hydrogen-bond acceptors (Lipinski definition) is 4. The second-order valence-electron chi connectivity index (χ2n) is 13.7. The number of carbonyl (C=O) groups excluding carboxylic acids is 2. The second-order valence-corrected chi connectivity index (χ2v) is 13.7. The van der Waals surface area contributed by atoms with Crippen molar-refractivity contribution in [3.05, 3.63) is 24.3 Å². The fourth-order valence-corrected chi connectivity index (χ4v) is 5.81. The van der Waals surface area contributed by atoms with E-state index in [0.29, 0.717) is 12.8 Å². The molecule has 0 saturated carbocycles. The van der Waals surface area contributed by atoms with E-state index in [0.717, 1.165) is 25.7 Å². The van der Waals surface area contributed by atoms with Gasteiger partial charge in [0.2, 0.25) is 0 Å². The van der Waals surface area contributed by atoms with Crippen LogP contribution in [0.15, 0.2) is 24.3 Å². The zero-order chi connectivity index (χ0) is 33.6. The third kappa shape index (κ3) is 36.9. The van der Waals surface area contributed by atoms with Gasteiger partial charge in [0.1, 0.15) is 12.7 Å². The SMILES string of the molecule is CCCCCCCC/C=C\CCCCCCCC(=O)OC(C)COC(=O)CCCCCCC/C=C\CCCCCCCCCCC. The van der Waals surface area contributed by atoms with Crippen LogP contribution in [-0.4, -0.2) is 24.6 Å². The minimum atomic E-state index is -0.382. The van der Waals surface area contributed by atoms with Crippen molar-refractivity contribution in [1.82, 2.24) is 0 Å². The van der Waals surface area contributed by atoms with Crippen LogP contribution in [0.5, 0.6) is 0 Å². The zero-order valence-corrected chi connectivity index (χ0v) is 31.1. The van der Waals surface area contributed by atoms with Gasteiger partial charge in [0.05, 0.1) is 0 Å². The number of ether oxygens (including phenoxy) is 2. The first-order chi connectivity index (χ1) is 22.6. The molecule has 0 heterocycles. The van der Waals surface area contributed by atoms with Crippen molar-refractivity contribution < 1.29 is 19.1 Å². The van der Waals surface area contributed by atoms with Crippen molar-refractivity contribution in [2.45, 2.75) is 226 Å². The smallest absolute Gasteiger partial charge is 0.306 e. The molecule has 0 radical (unpaired) electrons. The summed E-state index contributed by atoms with van der Waals surface area (Å²) >= 11 is 0. The summed E-state index contributed by atoms with van der Waals surface area (Å²) in [6, 6.07) is 0. The molecule has 0 rings (SSSR count). The number of unbranched alkanes of at least 4 members (excludes halogenated alkanes) is 25. The van der Waals surface area contributed by atoms with Gasteiger partial charge in [0, 0.05) is 12.8 Å². The van der Waals surface area contributed by atoms with E-state index in [2.05, 4.69) is 38.2 Å². The van der Waals surface area contributed by atoms with Crippen LogP contribution in [0, 0.1) is 0 Å². The quantitative estimate of drug-likeness (QED) is 0.0386. The Hall–Kier alpha value is -1.58. The van der Waals surface area contributed by atoms with Gasteiger partial charge in [-0.05, 0) is 71.1 Å². The van der Waals surface area contributed by atoms with Crippen molar-refractivity contribution in [1.29, 1.82) is 0 Å². The average molecular weight is 647 g/mol. The average Bonchev–Trinajstić information content (AvgIpc) is 3.05. The maximum absolute atomic E-state index is 12.1. The number of allylic oxidation sites excluding steroid dienone is 4. The Morgan fingerprint density at radius 1 is 0.435 bits per heavy atom. The van der Waals surface area contributed by atoms with Crippen LogP contribution in [0.2, 0.25) is 0 Å². The molecule has 1 atom stereocenters. The Bertz CT molecular complexity index is 698. The predicted octanol–water partition coefficient (Wildman–Crippen LogP) is 13.7. The highest BCUT2D eigenvalue weighted by Crippen LogP contribution is 2.13. The molecule has 0 fully saturated rings. The van der Waals surface area contributed by atoms with Crippen molar-refractivity contribution in [3.63, 3.8) is 0 Å². The van der Waals surface area contributed by atoms with Gasteiger partial charge in [-0.15, -0.1) is 0 Å². The van der Waals surface area contributed by atoms with Gasteiger partial charge in [-0.1, -0.05) is 160 Å². The molecule has 0 aliphatic carbocycles. The lowest BCUT2D eigenvalue weighted by molar-refractivity contribution is -0.158. The molecule has 0 saturated heterocycles. The summed E-state index contributed by atoms with van der Waals surface area (Å²) in [7, 11) is 0. The fourth-order valence-electron chi connectivity index (χ4n) is 5.81. The van der Waals surface area contributed by atoms with Gasteiger partial charge < -0.3 is 9.47 Å². The van der Waals surface area contributed by atoms with Gasteiger partial charge in [-0.3, -0.25) is 9.59 Å². The molecule has 46 heavy (non-hydrogen) atoms. The molecule has 0 bridgehead atoms. The summed E-state index contributed by atoms with van der Waals surface area (Å²) in [4.78, 5) is 24.2. The summed E-state index contributed by atoms with van der Waals surface area (Å²) < 4.78 is 10.8. The highest BCUT2D eigenvalue weighted by molar-refractivity contribution is 5.70. The summed E-state index contributed by atoms with van der Waals surface area (Å²) in [5.41, 5.74) is 0. The van der Waals surface area contributed by atoms with E-state index >= 15 is 0 Å². The predicted molar refractivity (Wildman–Crippen MR) is 199 cm³/mol. The van der Waals surface area contributed by atoms with Crippen molar-refractivity contribution in [2.24, 2.45) is 0 Å². The van der Waals surface area contributed by atoms with Crippen molar-refractivity contribution in [3.8, 4) is 0 Å². The van der Waals surface area contributed by atoms with Gasteiger partial charge >= 0.3 is 11.9 Å². The summed E-state index contributed by atoms with van der Waals surface area (Å²) in [6.07, 6.45) is 46.6. The minimum absolute atomic E-state index is 0.155. The van der Waals surface area contributed by atoms with Gasteiger partial charge in [-0.2, -0.15) is 0 Å². The summed E-state index contributed by atoms with van der Waals surface area (Å²) in [5, 5.41) is 0. The molecule has 0 aromatic rings. The van der Waals surface area contributed by atoms with E-state index in [1.807, 2.05) is 0 Å². The van der Waals surface area contributed by atoms with E-state index in [9.17, 15) is 9.59 Å². The van der Waals surface area contributed by atoms with Crippen LogP contribution in [0.25, 0.3) is 0 Å². The van der Waals surface area contributed by atoms with Crippen LogP contribution in [0.3, 0.4) is 0 Å². The lowest BCUT2D eigenvalue weighted by atomic mass is 10.1. The Morgan fingerprint density at radius 3 is 1.11 bits per heavy atom. The van der Waals surface area contributed by atoms with Gasteiger partial charge in [0.15, 0.2) is 0 Å². The topological polar surface area (TPSA) is 52.6 Å². The molecule has 4 nitrogen and oxygen atoms in total. The highest BCUT2D eigenvalue weighted by atomic mass is 16.6. The Morgan fingerprint density at radius 2 is 0.739 bits per heavy atom. The van der Waals surface area contributed by atoms with Crippen molar-refractivity contribution >= 4 is 11.9 Å². The molecule has 1 unspecified atom stereocenters. The maximum atomic E-state index is 12.1. The molecule has 0 spiro atoms. The first-order valence-electron chi connectivity index (χ1n) is 20.2.